The monoisotopic (exact) mass is 264 g/mol. The lowest BCUT2D eigenvalue weighted by molar-refractivity contribution is -0.120. The molecule has 2 aliphatic rings. The lowest BCUT2D eigenvalue weighted by Gasteiger charge is -2.59. The number of hydrogen-bond acceptors (Lipinski definition) is 1. The number of aliphatic hydroxyl groups is 1. The van der Waals surface area contributed by atoms with Gasteiger partial charge < -0.3 is 5.11 Å². The fourth-order valence-corrected chi connectivity index (χ4v) is 4.97. The summed E-state index contributed by atoms with van der Waals surface area (Å²) in [5.74, 6) is 2.42. The molecule has 5 atom stereocenters. The zero-order valence-corrected chi connectivity index (χ0v) is 13.7. The molecule has 1 heteroatoms. The van der Waals surface area contributed by atoms with Crippen LogP contribution in [0.5, 0.6) is 0 Å². The van der Waals surface area contributed by atoms with Crippen LogP contribution in [0.15, 0.2) is 12.2 Å². The van der Waals surface area contributed by atoms with Crippen molar-refractivity contribution in [2.45, 2.75) is 66.9 Å². The fraction of sp³-hybridized carbons (Fsp3) is 0.889. The fourth-order valence-electron chi connectivity index (χ4n) is 4.97. The van der Waals surface area contributed by atoms with Crippen LogP contribution in [0, 0.1) is 34.5 Å². The third kappa shape index (κ3) is 2.39. The van der Waals surface area contributed by atoms with E-state index in [1.807, 2.05) is 0 Å². The van der Waals surface area contributed by atoms with Crippen LogP contribution < -0.4 is 0 Å². The van der Waals surface area contributed by atoms with Gasteiger partial charge in [-0.3, -0.25) is 0 Å². The SMILES string of the molecule is C=C(C)C1CC2C(CC1O)C(C)(C)C(C)CC2(C)C. The zero-order chi connectivity index (χ0) is 14.6. The molecule has 0 aromatic rings. The van der Waals surface area contributed by atoms with Gasteiger partial charge in [-0.05, 0) is 54.8 Å². The lowest BCUT2D eigenvalue weighted by Crippen LogP contribution is -2.53. The highest BCUT2D eigenvalue weighted by atomic mass is 16.3. The van der Waals surface area contributed by atoms with Crippen molar-refractivity contribution in [1.29, 1.82) is 0 Å². The van der Waals surface area contributed by atoms with Crippen LogP contribution in [0.3, 0.4) is 0 Å². The molecule has 5 unspecified atom stereocenters. The molecule has 0 bridgehead atoms. The Kier molecular flexibility index (Phi) is 3.67. The quantitative estimate of drug-likeness (QED) is 0.683. The van der Waals surface area contributed by atoms with Gasteiger partial charge in [0, 0.05) is 5.92 Å². The van der Waals surface area contributed by atoms with Crippen molar-refractivity contribution in [2.24, 2.45) is 34.5 Å². The molecule has 0 aromatic carbocycles. The first-order valence-corrected chi connectivity index (χ1v) is 7.91. The molecule has 1 nitrogen and oxygen atoms in total. The topological polar surface area (TPSA) is 20.2 Å². The second-order valence-electron chi connectivity index (χ2n) is 8.62. The average Bonchev–Trinajstić information content (AvgIpc) is 2.25. The normalized spacial score (nSPS) is 44.5. The van der Waals surface area contributed by atoms with E-state index in [0.717, 1.165) is 30.3 Å². The van der Waals surface area contributed by atoms with Crippen molar-refractivity contribution < 1.29 is 5.11 Å². The van der Waals surface area contributed by atoms with Gasteiger partial charge in [-0.15, -0.1) is 0 Å². The number of aliphatic hydroxyl groups excluding tert-OH is 1. The van der Waals surface area contributed by atoms with Crippen LogP contribution in [0.4, 0.5) is 0 Å². The largest absolute Gasteiger partial charge is 0.392 e. The first kappa shape index (κ1) is 15.1. The van der Waals surface area contributed by atoms with Crippen LogP contribution >= 0.6 is 0 Å². The molecule has 0 spiro atoms. The average molecular weight is 264 g/mol. The maximum Gasteiger partial charge on any atom is 0.0608 e. The summed E-state index contributed by atoms with van der Waals surface area (Å²) >= 11 is 0. The summed E-state index contributed by atoms with van der Waals surface area (Å²) in [4.78, 5) is 0. The first-order chi connectivity index (χ1) is 8.57. The smallest absolute Gasteiger partial charge is 0.0608 e. The minimum Gasteiger partial charge on any atom is -0.392 e. The van der Waals surface area contributed by atoms with Gasteiger partial charge in [0.15, 0.2) is 0 Å². The van der Waals surface area contributed by atoms with Crippen molar-refractivity contribution in [1.82, 2.24) is 0 Å². The summed E-state index contributed by atoms with van der Waals surface area (Å²) in [7, 11) is 0. The third-order valence-electron chi connectivity index (χ3n) is 6.65. The van der Waals surface area contributed by atoms with Gasteiger partial charge >= 0.3 is 0 Å². The third-order valence-corrected chi connectivity index (χ3v) is 6.65. The number of hydrogen-bond donors (Lipinski definition) is 1. The Morgan fingerprint density at radius 3 is 2.21 bits per heavy atom. The molecule has 110 valence electrons. The van der Waals surface area contributed by atoms with E-state index in [1.54, 1.807) is 0 Å². The minimum atomic E-state index is -0.181. The molecule has 19 heavy (non-hydrogen) atoms. The molecular weight excluding hydrogens is 232 g/mol. The Labute approximate surface area is 119 Å². The standard InChI is InChI=1S/C18H32O/c1-11(2)13-8-14-15(9-16(13)19)18(6,7)12(3)10-17(14,4)5/h12-16,19H,1,8-10H2,2-7H3. The van der Waals surface area contributed by atoms with E-state index in [2.05, 4.69) is 48.1 Å². The van der Waals surface area contributed by atoms with E-state index >= 15 is 0 Å². The van der Waals surface area contributed by atoms with E-state index in [1.165, 1.54) is 6.42 Å². The molecule has 2 rings (SSSR count). The highest BCUT2D eigenvalue weighted by Gasteiger charge is 2.54. The van der Waals surface area contributed by atoms with Gasteiger partial charge in [-0.25, -0.2) is 0 Å². The van der Waals surface area contributed by atoms with Crippen molar-refractivity contribution in [3.05, 3.63) is 12.2 Å². The summed E-state index contributed by atoms with van der Waals surface area (Å²) in [6, 6.07) is 0. The first-order valence-electron chi connectivity index (χ1n) is 7.91. The highest BCUT2D eigenvalue weighted by molar-refractivity contribution is 5.09. The molecule has 0 aliphatic heterocycles. The molecule has 1 N–H and O–H groups in total. The summed E-state index contributed by atoms with van der Waals surface area (Å²) in [5.41, 5.74) is 1.91. The van der Waals surface area contributed by atoms with Gasteiger partial charge in [0.2, 0.25) is 0 Å². The van der Waals surface area contributed by atoms with Crippen molar-refractivity contribution in [3.63, 3.8) is 0 Å². The van der Waals surface area contributed by atoms with Crippen molar-refractivity contribution >= 4 is 0 Å². The zero-order valence-electron chi connectivity index (χ0n) is 13.7. The van der Waals surface area contributed by atoms with Crippen LogP contribution in [-0.4, -0.2) is 11.2 Å². The predicted octanol–water partition coefficient (Wildman–Crippen LogP) is 4.66. The van der Waals surface area contributed by atoms with Gasteiger partial charge in [0.1, 0.15) is 0 Å². The van der Waals surface area contributed by atoms with E-state index < -0.39 is 0 Å². The van der Waals surface area contributed by atoms with Crippen LogP contribution in [0.25, 0.3) is 0 Å². The molecule has 0 amide bonds. The van der Waals surface area contributed by atoms with Gasteiger partial charge in [0.25, 0.3) is 0 Å². The van der Waals surface area contributed by atoms with Crippen molar-refractivity contribution in [3.8, 4) is 0 Å². The maximum absolute atomic E-state index is 10.5. The Bertz CT molecular complexity index is 366. The van der Waals surface area contributed by atoms with E-state index in [9.17, 15) is 5.11 Å². The van der Waals surface area contributed by atoms with Crippen LogP contribution in [0.1, 0.15) is 60.8 Å². The molecule has 2 aliphatic carbocycles. The predicted molar refractivity (Wildman–Crippen MR) is 81.9 cm³/mol. The second-order valence-corrected chi connectivity index (χ2v) is 8.62. The van der Waals surface area contributed by atoms with Gasteiger partial charge in [-0.1, -0.05) is 46.8 Å². The lowest BCUT2D eigenvalue weighted by atomic mass is 9.46. The Balaban J connectivity index is 2.33. The molecule has 0 heterocycles. The summed E-state index contributed by atoms with van der Waals surface area (Å²) in [5, 5.41) is 10.5. The van der Waals surface area contributed by atoms with Gasteiger partial charge in [-0.2, -0.15) is 0 Å². The van der Waals surface area contributed by atoms with E-state index in [0.29, 0.717) is 22.7 Å². The van der Waals surface area contributed by atoms with Crippen LogP contribution in [0.2, 0.25) is 0 Å². The van der Waals surface area contributed by atoms with Crippen LogP contribution in [-0.2, 0) is 0 Å². The molecule has 2 fully saturated rings. The van der Waals surface area contributed by atoms with Crippen molar-refractivity contribution in [2.75, 3.05) is 0 Å². The summed E-state index contributed by atoms with van der Waals surface area (Å²) < 4.78 is 0. The number of rotatable bonds is 1. The highest BCUT2D eigenvalue weighted by Crippen LogP contribution is 2.61. The number of fused-ring (bicyclic) bond motifs is 1. The Morgan fingerprint density at radius 1 is 1.11 bits per heavy atom. The second kappa shape index (κ2) is 4.62. The summed E-state index contributed by atoms with van der Waals surface area (Å²) in [6.45, 7) is 18.3. The molecule has 0 radical (unpaired) electrons. The molecular formula is C18H32O. The molecule has 0 aromatic heterocycles. The summed E-state index contributed by atoms with van der Waals surface area (Å²) in [6.07, 6.45) is 3.21. The molecule has 2 saturated carbocycles. The molecule has 0 saturated heterocycles. The van der Waals surface area contributed by atoms with E-state index in [-0.39, 0.29) is 6.10 Å². The van der Waals surface area contributed by atoms with E-state index in [4.69, 9.17) is 0 Å². The van der Waals surface area contributed by atoms with Gasteiger partial charge in [0.05, 0.1) is 6.10 Å². The Morgan fingerprint density at radius 2 is 1.68 bits per heavy atom. The maximum atomic E-state index is 10.5. The Hall–Kier alpha value is -0.300. The minimum absolute atomic E-state index is 0.181.